The molecular formula is C21H24N6S. The Hall–Kier alpha value is -2.77. The first-order chi connectivity index (χ1) is 13.8. The maximum absolute atomic E-state index is 5.97. The standard InChI is InChI=1S/C21H24N6S/c1-2-6-18-17-12-15(9-10-19(17)25-24-18)20-26-27-21(28-20)23-16(13-22)11-14-7-4-3-5-8-14/h3-5,7-10,12,16H,2,6,11,13,22H2,1H3,(H,23,27)(H,24,25)/t16-/m0/s1. The third kappa shape index (κ3) is 4.05. The first-order valence-electron chi connectivity index (χ1n) is 9.58. The van der Waals surface area contributed by atoms with Crippen LogP contribution in [0.15, 0.2) is 48.5 Å². The van der Waals surface area contributed by atoms with Crippen LogP contribution in [0.2, 0.25) is 0 Å². The number of hydrogen-bond acceptors (Lipinski definition) is 6. The van der Waals surface area contributed by atoms with E-state index in [-0.39, 0.29) is 6.04 Å². The van der Waals surface area contributed by atoms with E-state index in [0.717, 1.165) is 45.9 Å². The molecule has 0 saturated heterocycles. The van der Waals surface area contributed by atoms with Crippen molar-refractivity contribution in [1.29, 1.82) is 0 Å². The zero-order chi connectivity index (χ0) is 19.3. The van der Waals surface area contributed by atoms with Crippen LogP contribution in [0.5, 0.6) is 0 Å². The number of nitrogens with two attached hydrogens (primary N) is 1. The van der Waals surface area contributed by atoms with Crippen molar-refractivity contribution in [2.24, 2.45) is 5.73 Å². The van der Waals surface area contributed by atoms with E-state index in [1.54, 1.807) is 11.3 Å². The average Bonchev–Trinajstić information content (AvgIpc) is 3.35. The SMILES string of the molecule is CCCc1[nH]nc2ccc(-c3nnc(N[C@H](CN)Cc4ccccc4)s3)cc12. The van der Waals surface area contributed by atoms with Crippen molar-refractivity contribution >= 4 is 27.4 Å². The molecule has 0 bridgehead atoms. The van der Waals surface area contributed by atoms with Gasteiger partial charge in [0.05, 0.1) is 5.52 Å². The molecule has 0 aliphatic carbocycles. The first-order valence-corrected chi connectivity index (χ1v) is 10.4. The van der Waals surface area contributed by atoms with Crippen LogP contribution >= 0.6 is 11.3 Å². The number of fused-ring (bicyclic) bond motifs is 1. The van der Waals surface area contributed by atoms with Crippen LogP contribution in [0, 0.1) is 0 Å². The van der Waals surface area contributed by atoms with E-state index in [1.165, 1.54) is 11.3 Å². The molecule has 0 aliphatic rings. The number of aryl methyl sites for hydroxylation is 1. The summed E-state index contributed by atoms with van der Waals surface area (Å²) in [5.41, 5.74) is 10.4. The molecule has 0 radical (unpaired) electrons. The molecule has 2 aromatic heterocycles. The third-order valence-electron chi connectivity index (χ3n) is 4.74. The average molecular weight is 393 g/mol. The highest BCUT2D eigenvalue weighted by Gasteiger charge is 2.13. The lowest BCUT2D eigenvalue weighted by molar-refractivity contribution is 0.721. The van der Waals surface area contributed by atoms with E-state index >= 15 is 0 Å². The Kier molecular flexibility index (Phi) is 5.64. The van der Waals surface area contributed by atoms with Gasteiger partial charge in [0.25, 0.3) is 0 Å². The molecule has 0 unspecified atom stereocenters. The quantitative estimate of drug-likeness (QED) is 0.421. The predicted octanol–water partition coefficient (Wildman–Crippen LogP) is 4.02. The van der Waals surface area contributed by atoms with Gasteiger partial charge in [-0.2, -0.15) is 5.10 Å². The number of hydrogen-bond donors (Lipinski definition) is 3. The van der Waals surface area contributed by atoms with Crippen molar-refractivity contribution in [2.75, 3.05) is 11.9 Å². The van der Waals surface area contributed by atoms with Crippen molar-refractivity contribution in [3.8, 4) is 10.6 Å². The van der Waals surface area contributed by atoms with Crippen molar-refractivity contribution < 1.29 is 0 Å². The van der Waals surface area contributed by atoms with E-state index < -0.39 is 0 Å². The molecule has 1 atom stereocenters. The molecular weight excluding hydrogens is 368 g/mol. The van der Waals surface area contributed by atoms with E-state index in [1.807, 2.05) is 30.3 Å². The Bertz CT molecular complexity index is 1040. The fraction of sp³-hybridized carbons (Fsp3) is 0.286. The Morgan fingerprint density at radius 3 is 2.79 bits per heavy atom. The fourth-order valence-electron chi connectivity index (χ4n) is 3.30. The monoisotopic (exact) mass is 392 g/mol. The van der Waals surface area contributed by atoms with Gasteiger partial charge in [-0.3, -0.25) is 5.10 Å². The maximum Gasteiger partial charge on any atom is 0.206 e. The van der Waals surface area contributed by atoms with Gasteiger partial charge < -0.3 is 11.1 Å². The van der Waals surface area contributed by atoms with Gasteiger partial charge in [-0.1, -0.05) is 55.0 Å². The maximum atomic E-state index is 5.97. The first kappa shape index (κ1) is 18.6. The Morgan fingerprint density at radius 2 is 2.00 bits per heavy atom. The van der Waals surface area contributed by atoms with Crippen molar-refractivity contribution in [2.45, 2.75) is 32.2 Å². The lowest BCUT2D eigenvalue weighted by Gasteiger charge is -2.15. The van der Waals surface area contributed by atoms with Crippen molar-refractivity contribution in [3.63, 3.8) is 0 Å². The summed E-state index contributed by atoms with van der Waals surface area (Å²) in [6.07, 6.45) is 2.92. The van der Waals surface area contributed by atoms with Crippen LogP contribution < -0.4 is 11.1 Å². The van der Waals surface area contributed by atoms with Gasteiger partial charge in [0, 0.05) is 29.2 Å². The molecule has 0 amide bonds. The number of aromatic amines is 1. The van der Waals surface area contributed by atoms with Gasteiger partial charge in [0.1, 0.15) is 5.01 Å². The summed E-state index contributed by atoms with van der Waals surface area (Å²) < 4.78 is 0. The van der Waals surface area contributed by atoms with Gasteiger partial charge in [-0.15, -0.1) is 10.2 Å². The molecule has 4 N–H and O–H groups in total. The minimum atomic E-state index is 0.121. The van der Waals surface area contributed by atoms with E-state index in [9.17, 15) is 0 Å². The second-order valence-electron chi connectivity index (χ2n) is 6.86. The largest absolute Gasteiger partial charge is 0.356 e. The van der Waals surface area contributed by atoms with Gasteiger partial charge >= 0.3 is 0 Å². The molecule has 0 spiro atoms. The van der Waals surface area contributed by atoms with E-state index in [2.05, 4.69) is 50.8 Å². The molecule has 28 heavy (non-hydrogen) atoms. The molecule has 6 nitrogen and oxygen atoms in total. The van der Waals surface area contributed by atoms with E-state index in [0.29, 0.717) is 6.54 Å². The lowest BCUT2D eigenvalue weighted by atomic mass is 10.1. The topological polar surface area (TPSA) is 92.5 Å². The number of nitrogens with one attached hydrogen (secondary N) is 2. The van der Waals surface area contributed by atoms with Gasteiger partial charge in [-0.25, -0.2) is 0 Å². The Labute approximate surface area is 168 Å². The minimum absolute atomic E-state index is 0.121. The third-order valence-corrected chi connectivity index (χ3v) is 5.65. The normalized spacial score (nSPS) is 12.4. The number of aromatic nitrogens is 4. The zero-order valence-corrected chi connectivity index (χ0v) is 16.7. The van der Waals surface area contributed by atoms with Crippen LogP contribution in [0.3, 0.4) is 0 Å². The van der Waals surface area contributed by atoms with Gasteiger partial charge in [0.2, 0.25) is 5.13 Å². The number of anilines is 1. The van der Waals surface area contributed by atoms with E-state index in [4.69, 9.17) is 5.73 Å². The van der Waals surface area contributed by atoms with Gasteiger partial charge in [0.15, 0.2) is 0 Å². The predicted molar refractivity (Wildman–Crippen MR) is 116 cm³/mol. The zero-order valence-electron chi connectivity index (χ0n) is 15.9. The molecule has 0 saturated carbocycles. The summed E-state index contributed by atoms with van der Waals surface area (Å²) in [5.74, 6) is 0. The highest BCUT2D eigenvalue weighted by Crippen LogP contribution is 2.30. The smallest absolute Gasteiger partial charge is 0.206 e. The van der Waals surface area contributed by atoms with Crippen LogP contribution in [-0.4, -0.2) is 33.0 Å². The molecule has 4 rings (SSSR count). The lowest BCUT2D eigenvalue weighted by Crippen LogP contribution is -2.30. The van der Waals surface area contributed by atoms with Crippen LogP contribution in [-0.2, 0) is 12.8 Å². The molecule has 0 fully saturated rings. The summed E-state index contributed by atoms with van der Waals surface area (Å²) in [4.78, 5) is 0. The fourth-order valence-corrected chi connectivity index (χ4v) is 4.12. The summed E-state index contributed by atoms with van der Waals surface area (Å²) in [6.45, 7) is 2.70. The Morgan fingerprint density at radius 1 is 1.14 bits per heavy atom. The molecule has 2 heterocycles. The molecule has 144 valence electrons. The summed E-state index contributed by atoms with van der Waals surface area (Å²) in [5, 5.41) is 22.5. The number of nitrogens with zero attached hydrogens (tertiary/aromatic N) is 3. The van der Waals surface area contributed by atoms with Crippen LogP contribution in [0.1, 0.15) is 24.6 Å². The summed E-state index contributed by atoms with van der Waals surface area (Å²) in [6, 6.07) is 16.7. The highest BCUT2D eigenvalue weighted by molar-refractivity contribution is 7.18. The van der Waals surface area contributed by atoms with Crippen molar-refractivity contribution in [1.82, 2.24) is 20.4 Å². The second-order valence-corrected chi connectivity index (χ2v) is 7.84. The highest BCUT2D eigenvalue weighted by atomic mass is 32.1. The summed E-state index contributed by atoms with van der Waals surface area (Å²) >= 11 is 1.55. The summed E-state index contributed by atoms with van der Waals surface area (Å²) in [7, 11) is 0. The van der Waals surface area contributed by atoms with Gasteiger partial charge in [-0.05, 0) is 36.6 Å². The van der Waals surface area contributed by atoms with Crippen LogP contribution in [0.25, 0.3) is 21.5 Å². The Balaban J connectivity index is 1.52. The molecule has 7 heteroatoms. The molecule has 0 aliphatic heterocycles. The minimum Gasteiger partial charge on any atom is -0.356 e. The second kappa shape index (κ2) is 8.50. The van der Waals surface area contributed by atoms with Crippen molar-refractivity contribution in [3.05, 3.63) is 59.8 Å². The molecule has 2 aromatic carbocycles. The number of benzene rings is 2. The number of H-pyrrole nitrogens is 1. The molecule has 4 aromatic rings. The number of rotatable bonds is 8. The van der Waals surface area contributed by atoms with Crippen LogP contribution in [0.4, 0.5) is 5.13 Å².